The van der Waals surface area contributed by atoms with E-state index >= 15 is 0 Å². The van der Waals surface area contributed by atoms with Gasteiger partial charge in [-0.3, -0.25) is 4.79 Å². The van der Waals surface area contributed by atoms with E-state index in [1.54, 1.807) is 41.9 Å². The minimum absolute atomic E-state index is 0.0157. The third-order valence-corrected chi connectivity index (χ3v) is 5.79. The van der Waals surface area contributed by atoms with E-state index in [1.807, 2.05) is 12.1 Å². The van der Waals surface area contributed by atoms with Crippen LogP contribution in [0.1, 0.15) is 0 Å². The Morgan fingerprint density at radius 2 is 1.84 bits per heavy atom. The molecule has 5 rings (SSSR count). The second-order valence-corrected chi connectivity index (χ2v) is 8.15. The summed E-state index contributed by atoms with van der Waals surface area (Å²) in [5, 5.41) is 4.98. The zero-order valence-electron chi connectivity index (χ0n) is 16.2. The third kappa shape index (κ3) is 3.80. The topological polar surface area (TPSA) is 69.9 Å². The van der Waals surface area contributed by atoms with Crippen LogP contribution in [0.3, 0.4) is 0 Å². The highest BCUT2D eigenvalue weighted by molar-refractivity contribution is 7.16. The summed E-state index contributed by atoms with van der Waals surface area (Å²) >= 11 is 7.48. The molecule has 0 N–H and O–H groups in total. The van der Waals surface area contributed by atoms with Crippen LogP contribution in [-0.4, -0.2) is 32.8 Å². The van der Waals surface area contributed by atoms with Crippen LogP contribution in [0.25, 0.3) is 38.1 Å². The van der Waals surface area contributed by atoms with Crippen molar-refractivity contribution in [2.45, 2.75) is 6.43 Å². The van der Waals surface area contributed by atoms with Gasteiger partial charge in [-0.2, -0.15) is 9.78 Å². The average molecular weight is 471 g/mol. The molecular weight excluding hydrogens is 458 g/mol. The van der Waals surface area contributed by atoms with Gasteiger partial charge in [0.15, 0.2) is 6.61 Å². The Hall–Kier alpha value is -3.43. The number of aromatic nitrogens is 4. The lowest BCUT2D eigenvalue weighted by Gasteiger charge is -2.12. The maximum atomic E-state index is 13.6. The average Bonchev–Trinajstić information content (AvgIpc) is 3.26. The van der Waals surface area contributed by atoms with Crippen LogP contribution in [0.4, 0.5) is 8.78 Å². The molecule has 0 aliphatic rings. The molecular formula is C22H13ClF2N4O2S. The number of nitrogens with zero attached hydrogens (tertiary/aromatic N) is 4. The molecule has 3 heterocycles. The van der Waals surface area contributed by atoms with Crippen molar-refractivity contribution in [1.82, 2.24) is 19.7 Å². The van der Waals surface area contributed by atoms with Crippen molar-refractivity contribution in [3.05, 3.63) is 75.5 Å². The molecule has 0 atom stereocenters. The van der Waals surface area contributed by atoms with E-state index in [0.29, 0.717) is 21.8 Å². The lowest BCUT2D eigenvalue weighted by molar-refractivity contribution is 0.0798. The molecule has 0 unspecified atom stereocenters. The zero-order valence-corrected chi connectivity index (χ0v) is 17.8. The lowest BCUT2D eigenvalue weighted by atomic mass is 10.1. The molecule has 10 heteroatoms. The van der Waals surface area contributed by atoms with E-state index in [1.165, 1.54) is 22.1 Å². The molecule has 0 radical (unpaired) electrons. The molecule has 0 aliphatic heterocycles. The maximum absolute atomic E-state index is 13.6. The van der Waals surface area contributed by atoms with Crippen molar-refractivity contribution in [3.8, 4) is 22.7 Å². The molecule has 0 saturated carbocycles. The largest absolute Gasteiger partial charge is 0.472 e. The standard InChI is InChI=1S/C22H13ClF2N4O2S/c23-13-3-1-12(2-4-13)20-21-16(7-8-19(27-21)31-10-18(24)25)28-29(22(20)30)14-5-6-15-17(9-14)32-11-26-15/h1-9,11,18H,10H2. The Labute approximate surface area is 188 Å². The normalized spacial score (nSPS) is 11.5. The summed E-state index contributed by atoms with van der Waals surface area (Å²) in [7, 11) is 0. The summed E-state index contributed by atoms with van der Waals surface area (Å²) in [6.07, 6.45) is -2.64. The van der Waals surface area contributed by atoms with Crippen molar-refractivity contribution in [2.24, 2.45) is 0 Å². The fraction of sp³-hybridized carbons (Fsp3) is 0.0909. The van der Waals surface area contributed by atoms with Crippen molar-refractivity contribution in [2.75, 3.05) is 6.61 Å². The Morgan fingerprint density at radius 1 is 1.06 bits per heavy atom. The molecule has 0 aliphatic carbocycles. The summed E-state index contributed by atoms with van der Waals surface area (Å²) in [5.74, 6) is -0.0157. The van der Waals surface area contributed by atoms with Crippen molar-refractivity contribution in [1.29, 1.82) is 0 Å². The second kappa shape index (κ2) is 8.25. The SMILES string of the molecule is O=c1c(-c2ccc(Cl)cc2)c2nc(OCC(F)F)ccc2nn1-c1ccc2ncsc2c1. The van der Waals surface area contributed by atoms with E-state index in [0.717, 1.165) is 10.2 Å². The number of ether oxygens (including phenoxy) is 1. The Bertz CT molecular complexity index is 1500. The highest BCUT2D eigenvalue weighted by atomic mass is 35.5. The monoisotopic (exact) mass is 470 g/mol. The number of rotatable bonds is 5. The fourth-order valence-electron chi connectivity index (χ4n) is 3.31. The first kappa shape index (κ1) is 20.5. The molecule has 2 aromatic carbocycles. The predicted octanol–water partition coefficient (Wildman–Crippen LogP) is 5.35. The number of halogens is 3. The van der Waals surface area contributed by atoms with Gasteiger partial charge in [-0.05, 0) is 42.0 Å². The van der Waals surface area contributed by atoms with Crippen LogP contribution in [-0.2, 0) is 0 Å². The van der Waals surface area contributed by atoms with Crippen molar-refractivity contribution in [3.63, 3.8) is 0 Å². The van der Waals surface area contributed by atoms with Crippen LogP contribution in [0.5, 0.6) is 5.88 Å². The summed E-state index contributed by atoms with van der Waals surface area (Å²) in [6, 6.07) is 15.2. The number of pyridine rings is 1. The Morgan fingerprint density at radius 3 is 2.62 bits per heavy atom. The van der Waals surface area contributed by atoms with Gasteiger partial charge in [0.25, 0.3) is 12.0 Å². The maximum Gasteiger partial charge on any atom is 0.281 e. The second-order valence-electron chi connectivity index (χ2n) is 6.82. The molecule has 32 heavy (non-hydrogen) atoms. The lowest BCUT2D eigenvalue weighted by Crippen LogP contribution is -2.23. The highest BCUT2D eigenvalue weighted by Gasteiger charge is 2.18. The summed E-state index contributed by atoms with van der Waals surface area (Å²) in [5.41, 5.74) is 4.20. The molecule has 6 nitrogen and oxygen atoms in total. The molecule has 0 saturated heterocycles. The van der Waals surface area contributed by atoms with Gasteiger partial charge in [-0.25, -0.2) is 18.7 Å². The molecule has 0 bridgehead atoms. The van der Waals surface area contributed by atoms with Crippen LogP contribution < -0.4 is 10.3 Å². The van der Waals surface area contributed by atoms with E-state index in [9.17, 15) is 13.6 Å². The quantitative estimate of drug-likeness (QED) is 0.346. The minimum atomic E-state index is -2.64. The van der Waals surface area contributed by atoms with Crippen molar-refractivity contribution >= 4 is 44.2 Å². The van der Waals surface area contributed by atoms with Gasteiger partial charge in [0.1, 0.15) is 11.0 Å². The highest BCUT2D eigenvalue weighted by Crippen LogP contribution is 2.27. The van der Waals surface area contributed by atoms with Gasteiger partial charge in [0.05, 0.1) is 27.0 Å². The molecule has 0 fully saturated rings. The van der Waals surface area contributed by atoms with Crippen LogP contribution in [0.2, 0.25) is 5.02 Å². The van der Waals surface area contributed by atoms with Gasteiger partial charge >= 0.3 is 0 Å². The van der Waals surface area contributed by atoms with Crippen LogP contribution >= 0.6 is 22.9 Å². The van der Waals surface area contributed by atoms with Gasteiger partial charge in [-0.15, -0.1) is 11.3 Å². The van der Waals surface area contributed by atoms with Gasteiger partial charge < -0.3 is 4.74 Å². The van der Waals surface area contributed by atoms with E-state index in [-0.39, 0.29) is 17.0 Å². The first-order valence-electron chi connectivity index (χ1n) is 9.44. The van der Waals surface area contributed by atoms with Gasteiger partial charge in [0, 0.05) is 11.1 Å². The van der Waals surface area contributed by atoms with E-state index in [4.69, 9.17) is 16.3 Å². The minimum Gasteiger partial charge on any atom is -0.472 e. The molecule has 5 aromatic rings. The third-order valence-electron chi connectivity index (χ3n) is 4.75. The molecule has 0 amide bonds. The number of hydrogen-bond donors (Lipinski definition) is 0. The van der Waals surface area contributed by atoms with Gasteiger partial charge in [-0.1, -0.05) is 23.7 Å². The smallest absolute Gasteiger partial charge is 0.281 e. The first-order chi connectivity index (χ1) is 15.5. The number of benzene rings is 2. The number of hydrogen-bond acceptors (Lipinski definition) is 6. The first-order valence-corrected chi connectivity index (χ1v) is 10.7. The molecule has 3 aromatic heterocycles. The number of alkyl halides is 2. The Kier molecular flexibility index (Phi) is 5.28. The van der Waals surface area contributed by atoms with Crippen molar-refractivity contribution < 1.29 is 13.5 Å². The fourth-order valence-corrected chi connectivity index (χ4v) is 4.15. The molecule has 0 spiro atoms. The number of thiazole rings is 1. The van der Waals surface area contributed by atoms with Gasteiger partial charge in [0.2, 0.25) is 5.88 Å². The molecule has 160 valence electrons. The van der Waals surface area contributed by atoms with Crippen LogP contribution in [0.15, 0.2) is 64.9 Å². The van der Waals surface area contributed by atoms with E-state index in [2.05, 4.69) is 15.1 Å². The Balaban J connectivity index is 1.75. The van der Waals surface area contributed by atoms with E-state index < -0.39 is 18.6 Å². The summed E-state index contributed by atoms with van der Waals surface area (Å²) in [4.78, 5) is 22.1. The zero-order chi connectivity index (χ0) is 22.2. The van der Waals surface area contributed by atoms with Crippen LogP contribution in [0, 0.1) is 0 Å². The predicted molar refractivity (Wildman–Crippen MR) is 120 cm³/mol. The number of fused-ring (bicyclic) bond motifs is 2. The summed E-state index contributed by atoms with van der Waals surface area (Å²) < 4.78 is 32.4. The summed E-state index contributed by atoms with van der Waals surface area (Å²) in [6.45, 7) is -0.797.